The Morgan fingerprint density at radius 1 is 1.42 bits per heavy atom. The van der Waals surface area contributed by atoms with Crippen LogP contribution in [0.2, 0.25) is 0 Å². The van der Waals surface area contributed by atoms with E-state index in [1.54, 1.807) is 7.05 Å². The molecular weight excluding hydrogens is 156 g/mol. The van der Waals surface area contributed by atoms with E-state index in [0.29, 0.717) is 11.9 Å². The Kier molecular flexibility index (Phi) is 2.42. The molecule has 5 heteroatoms. The lowest BCUT2D eigenvalue weighted by Gasteiger charge is -2.10. The molecule has 0 heterocycles. The fourth-order valence-electron chi connectivity index (χ4n) is 0.840. The molecule has 1 amide bonds. The lowest BCUT2D eigenvalue weighted by Crippen LogP contribution is -2.34. The Morgan fingerprint density at radius 2 is 2.00 bits per heavy atom. The van der Waals surface area contributed by atoms with Gasteiger partial charge in [0.05, 0.1) is 0 Å². The van der Waals surface area contributed by atoms with Crippen LogP contribution in [0.3, 0.4) is 0 Å². The summed E-state index contributed by atoms with van der Waals surface area (Å²) in [4.78, 5) is 10.7. The summed E-state index contributed by atoms with van der Waals surface area (Å²) in [5.41, 5.74) is 10.5. The van der Waals surface area contributed by atoms with Crippen molar-refractivity contribution in [2.45, 2.75) is 18.9 Å². The Hall–Kier alpha value is -1.39. The van der Waals surface area contributed by atoms with Crippen molar-refractivity contribution in [1.82, 2.24) is 10.6 Å². The minimum Gasteiger partial charge on any atom is -0.391 e. The number of rotatable bonds is 4. The second-order valence-electron chi connectivity index (χ2n) is 2.82. The van der Waals surface area contributed by atoms with Crippen molar-refractivity contribution in [2.75, 3.05) is 7.05 Å². The van der Waals surface area contributed by atoms with Gasteiger partial charge in [-0.05, 0) is 12.8 Å². The molecule has 1 aliphatic rings. The van der Waals surface area contributed by atoms with Crippen LogP contribution in [-0.4, -0.2) is 19.0 Å². The van der Waals surface area contributed by atoms with Crippen LogP contribution in [0.4, 0.5) is 0 Å². The number of nitrogens with two attached hydrogens (primary N) is 2. The van der Waals surface area contributed by atoms with Gasteiger partial charge < -0.3 is 22.1 Å². The van der Waals surface area contributed by atoms with Gasteiger partial charge in [-0.1, -0.05) is 0 Å². The van der Waals surface area contributed by atoms with Crippen molar-refractivity contribution in [3.05, 3.63) is 11.5 Å². The fourth-order valence-corrected chi connectivity index (χ4v) is 0.840. The van der Waals surface area contributed by atoms with Crippen molar-refractivity contribution in [1.29, 1.82) is 0 Å². The summed E-state index contributed by atoms with van der Waals surface area (Å²) in [5, 5.41) is 5.86. The van der Waals surface area contributed by atoms with Crippen LogP contribution in [0.5, 0.6) is 0 Å². The molecule has 0 aromatic rings. The highest BCUT2D eigenvalue weighted by molar-refractivity contribution is 5.91. The first-order chi connectivity index (χ1) is 5.65. The summed E-state index contributed by atoms with van der Waals surface area (Å²) < 4.78 is 0. The Labute approximate surface area is 71.2 Å². The lowest BCUT2D eigenvalue weighted by atomic mass is 10.4. The number of amides is 1. The summed E-state index contributed by atoms with van der Waals surface area (Å²) in [5.74, 6) is -0.0718. The molecule has 1 rings (SSSR count). The number of carbonyl (C=O) groups excluding carboxylic acids is 1. The molecule has 1 aliphatic carbocycles. The van der Waals surface area contributed by atoms with Crippen molar-refractivity contribution in [3.8, 4) is 0 Å². The Morgan fingerprint density at radius 3 is 2.33 bits per heavy atom. The molecule has 68 valence electrons. The largest absolute Gasteiger partial charge is 0.391 e. The van der Waals surface area contributed by atoms with Gasteiger partial charge >= 0.3 is 0 Å². The third-order valence-electron chi connectivity index (χ3n) is 1.71. The van der Waals surface area contributed by atoms with Gasteiger partial charge in [-0.25, -0.2) is 0 Å². The summed E-state index contributed by atoms with van der Waals surface area (Å²) in [7, 11) is 1.69. The normalized spacial score (nSPS) is 18.1. The maximum absolute atomic E-state index is 10.7. The molecule has 1 saturated carbocycles. The smallest absolute Gasteiger partial charge is 0.268 e. The van der Waals surface area contributed by atoms with Gasteiger partial charge in [0.2, 0.25) is 0 Å². The third kappa shape index (κ3) is 2.05. The van der Waals surface area contributed by atoms with Crippen molar-refractivity contribution in [2.24, 2.45) is 11.5 Å². The maximum Gasteiger partial charge on any atom is 0.268 e. The highest BCUT2D eigenvalue weighted by Gasteiger charge is 2.22. The number of carbonyl (C=O) groups is 1. The second kappa shape index (κ2) is 3.34. The molecule has 0 spiro atoms. The van der Waals surface area contributed by atoms with E-state index in [4.69, 9.17) is 11.5 Å². The van der Waals surface area contributed by atoms with E-state index in [2.05, 4.69) is 10.6 Å². The van der Waals surface area contributed by atoms with Crippen LogP contribution in [0, 0.1) is 0 Å². The van der Waals surface area contributed by atoms with Crippen molar-refractivity contribution >= 4 is 5.91 Å². The standard InChI is InChI=1S/C7H14N4O/c1-10-7(5(8)6(9)12)11-4-2-3-4/h4,10-11H,2-3,8H2,1H3,(H2,9,12)/b7-5+. The van der Waals surface area contributed by atoms with E-state index in [-0.39, 0.29) is 5.70 Å². The molecule has 0 aromatic carbocycles. The van der Waals surface area contributed by atoms with Crippen LogP contribution in [0.1, 0.15) is 12.8 Å². The van der Waals surface area contributed by atoms with Crippen molar-refractivity contribution < 1.29 is 4.79 Å². The average molecular weight is 170 g/mol. The highest BCUT2D eigenvalue weighted by atomic mass is 16.1. The fraction of sp³-hybridized carbons (Fsp3) is 0.571. The molecular formula is C7H14N4O. The SMILES string of the molecule is CN/C(NC1CC1)=C(\N)C(N)=O. The minimum absolute atomic E-state index is 0.0596. The quantitative estimate of drug-likeness (QED) is 0.389. The lowest BCUT2D eigenvalue weighted by molar-refractivity contribution is -0.114. The van der Waals surface area contributed by atoms with Gasteiger partial charge in [-0.3, -0.25) is 4.79 Å². The van der Waals surface area contributed by atoms with Crippen LogP contribution < -0.4 is 22.1 Å². The molecule has 0 aliphatic heterocycles. The van der Waals surface area contributed by atoms with Gasteiger partial charge in [-0.2, -0.15) is 0 Å². The Balaban J connectivity index is 2.61. The third-order valence-corrected chi connectivity index (χ3v) is 1.71. The van der Waals surface area contributed by atoms with E-state index in [0.717, 1.165) is 12.8 Å². The number of hydrogen-bond acceptors (Lipinski definition) is 4. The summed E-state index contributed by atoms with van der Waals surface area (Å²) in [6.07, 6.45) is 2.24. The van der Waals surface area contributed by atoms with Gasteiger partial charge in [0, 0.05) is 13.1 Å². The zero-order chi connectivity index (χ0) is 9.14. The molecule has 12 heavy (non-hydrogen) atoms. The van der Waals surface area contributed by atoms with E-state index < -0.39 is 5.91 Å². The van der Waals surface area contributed by atoms with E-state index >= 15 is 0 Å². The molecule has 0 aromatic heterocycles. The predicted molar refractivity (Wildman–Crippen MR) is 45.6 cm³/mol. The summed E-state index contributed by atoms with van der Waals surface area (Å²) in [6, 6.07) is 0.449. The van der Waals surface area contributed by atoms with Gasteiger partial charge in [-0.15, -0.1) is 0 Å². The first-order valence-corrected chi connectivity index (χ1v) is 3.89. The van der Waals surface area contributed by atoms with E-state index in [1.165, 1.54) is 0 Å². The zero-order valence-electron chi connectivity index (χ0n) is 7.05. The van der Waals surface area contributed by atoms with Crippen LogP contribution in [0.15, 0.2) is 11.5 Å². The minimum atomic E-state index is -0.604. The average Bonchev–Trinajstić information content (AvgIpc) is 2.82. The molecule has 1 fully saturated rings. The van der Waals surface area contributed by atoms with E-state index in [9.17, 15) is 4.79 Å². The van der Waals surface area contributed by atoms with Crippen molar-refractivity contribution in [3.63, 3.8) is 0 Å². The number of nitrogens with one attached hydrogen (secondary N) is 2. The molecule has 0 radical (unpaired) electrons. The monoisotopic (exact) mass is 170 g/mol. The molecule has 0 atom stereocenters. The first kappa shape index (κ1) is 8.70. The summed E-state index contributed by atoms with van der Waals surface area (Å²) in [6.45, 7) is 0. The predicted octanol–water partition coefficient (Wildman–Crippen LogP) is -1.43. The molecule has 0 saturated heterocycles. The number of primary amides is 1. The van der Waals surface area contributed by atoms with Gasteiger partial charge in [0.25, 0.3) is 5.91 Å². The van der Waals surface area contributed by atoms with Gasteiger partial charge in [0.15, 0.2) is 0 Å². The van der Waals surface area contributed by atoms with Crippen LogP contribution >= 0.6 is 0 Å². The van der Waals surface area contributed by atoms with Gasteiger partial charge in [0.1, 0.15) is 11.5 Å². The second-order valence-corrected chi connectivity index (χ2v) is 2.82. The topological polar surface area (TPSA) is 93.2 Å². The number of hydrogen-bond donors (Lipinski definition) is 4. The van der Waals surface area contributed by atoms with E-state index in [1.807, 2.05) is 0 Å². The zero-order valence-corrected chi connectivity index (χ0v) is 7.05. The van der Waals surface area contributed by atoms with Crippen LogP contribution in [0.25, 0.3) is 0 Å². The molecule has 0 bridgehead atoms. The molecule has 5 nitrogen and oxygen atoms in total. The molecule has 0 unspecified atom stereocenters. The summed E-state index contributed by atoms with van der Waals surface area (Å²) >= 11 is 0. The highest BCUT2D eigenvalue weighted by Crippen LogP contribution is 2.19. The Bertz CT molecular complexity index is 219. The maximum atomic E-state index is 10.7. The molecule has 6 N–H and O–H groups in total. The van der Waals surface area contributed by atoms with Crippen LogP contribution in [-0.2, 0) is 4.79 Å². The first-order valence-electron chi connectivity index (χ1n) is 3.89.